The molecule has 7 rings (SSSR count). The fourth-order valence-corrected chi connectivity index (χ4v) is 6.45. The van der Waals surface area contributed by atoms with Gasteiger partial charge in [-0.15, -0.1) is 0 Å². The number of piperazine rings is 1. The topological polar surface area (TPSA) is 73.8 Å². The highest BCUT2D eigenvalue weighted by atomic mass is 16.5. The van der Waals surface area contributed by atoms with E-state index in [4.69, 9.17) is 14.7 Å². The van der Waals surface area contributed by atoms with Crippen molar-refractivity contribution in [2.45, 2.75) is 43.8 Å². The number of likely N-dealkylation sites (tertiary alicyclic amines) is 1. The molecule has 7 heteroatoms. The van der Waals surface area contributed by atoms with Crippen LogP contribution in [-0.4, -0.2) is 71.4 Å². The van der Waals surface area contributed by atoms with Gasteiger partial charge >= 0.3 is 6.01 Å². The van der Waals surface area contributed by atoms with Gasteiger partial charge in [-0.3, -0.25) is 0 Å². The van der Waals surface area contributed by atoms with Gasteiger partial charge in [0.2, 0.25) is 0 Å². The molecule has 3 aromatic carbocycles. The molecule has 2 bridgehead atoms. The molecule has 1 aromatic heterocycles. The van der Waals surface area contributed by atoms with Gasteiger partial charge in [0.25, 0.3) is 0 Å². The smallest absolute Gasteiger partial charge is 0.319 e. The molecular formula is C30H33N5O2. The van der Waals surface area contributed by atoms with E-state index in [2.05, 4.69) is 52.5 Å². The Balaban J connectivity index is 1.32. The van der Waals surface area contributed by atoms with Crippen molar-refractivity contribution in [3.63, 3.8) is 0 Å². The summed E-state index contributed by atoms with van der Waals surface area (Å²) in [4.78, 5) is 14.6. The molecule has 4 aromatic rings. The number of aromatic hydroxyl groups is 1. The standard InChI is InChI=1S/C30H33N5O2/c1-34-14-4-6-23(34)18-37-30-32-26-15-20(28-24-7-3-2-5-19(24)9-13-27(28)36)8-12-25(26)29(33-30)35-16-21-10-11-22(17-35)31-21/h2-3,5,7-9,12-13,15,21-23,31,36H,4,6,10-11,14,16-18H2,1H3/t21-,22+,23-/m0/s1. The number of nitrogens with one attached hydrogen (secondary N) is 1. The van der Waals surface area contributed by atoms with Gasteiger partial charge in [-0.2, -0.15) is 9.97 Å². The highest BCUT2D eigenvalue weighted by Gasteiger charge is 2.34. The van der Waals surface area contributed by atoms with Gasteiger partial charge in [0.05, 0.1) is 5.52 Å². The molecule has 3 fully saturated rings. The van der Waals surface area contributed by atoms with Crippen molar-refractivity contribution in [3.05, 3.63) is 54.6 Å². The fourth-order valence-electron chi connectivity index (χ4n) is 6.45. The summed E-state index contributed by atoms with van der Waals surface area (Å²) in [7, 11) is 2.16. The van der Waals surface area contributed by atoms with E-state index in [9.17, 15) is 5.11 Å². The summed E-state index contributed by atoms with van der Waals surface area (Å²) in [5.41, 5.74) is 2.61. The molecular weight excluding hydrogens is 462 g/mol. The molecule has 37 heavy (non-hydrogen) atoms. The molecule has 0 unspecified atom stereocenters. The van der Waals surface area contributed by atoms with Crippen LogP contribution in [0.1, 0.15) is 25.7 Å². The number of likely N-dealkylation sites (N-methyl/N-ethyl adjacent to an activating group) is 1. The van der Waals surface area contributed by atoms with E-state index < -0.39 is 0 Å². The number of benzene rings is 3. The van der Waals surface area contributed by atoms with Crippen LogP contribution in [0.4, 0.5) is 5.82 Å². The number of fused-ring (bicyclic) bond motifs is 4. The molecule has 0 radical (unpaired) electrons. The lowest BCUT2D eigenvalue weighted by Gasteiger charge is -2.34. The third kappa shape index (κ3) is 4.16. The van der Waals surface area contributed by atoms with Crippen molar-refractivity contribution in [1.29, 1.82) is 0 Å². The summed E-state index contributed by atoms with van der Waals surface area (Å²) in [5.74, 6) is 1.22. The average molecular weight is 496 g/mol. The molecule has 0 spiro atoms. The number of hydrogen-bond donors (Lipinski definition) is 2. The Kier molecular flexibility index (Phi) is 5.63. The zero-order chi connectivity index (χ0) is 24.9. The Morgan fingerprint density at radius 2 is 1.81 bits per heavy atom. The summed E-state index contributed by atoms with van der Waals surface area (Å²) < 4.78 is 6.25. The lowest BCUT2D eigenvalue weighted by atomic mass is 9.96. The molecule has 2 N–H and O–H groups in total. The number of nitrogens with zero attached hydrogens (tertiary/aromatic N) is 4. The first-order valence-corrected chi connectivity index (χ1v) is 13.5. The molecule has 0 saturated carbocycles. The third-order valence-corrected chi connectivity index (χ3v) is 8.44. The SMILES string of the molecule is CN1CCC[C@H]1COc1nc(N2C[C@H]3CC[C@@H](C2)N3)c2ccc(-c3c(O)ccc4ccccc34)cc2n1. The zero-order valence-electron chi connectivity index (χ0n) is 21.2. The second kappa shape index (κ2) is 9.15. The van der Waals surface area contributed by atoms with E-state index in [1.54, 1.807) is 6.07 Å². The lowest BCUT2D eigenvalue weighted by molar-refractivity contribution is 0.188. The number of ether oxygens (including phenoxy) is 1. The Labute approximate surface area is 217 Å². The third-order valence-electron chi connectivity index (χ3n) is 8.44. The van der Waals surface area contributed by atoms with Crippen LogP contribution in [0, 0.1) is 0 Å². The number of phenolic OH excluding ortho intramolecular Hbond substituents is 1. The predicted molar refractivity (Wildman–Crippen MR) is 147 cm³/mol. The van der Waals surface area contributed by atoms with Crippen LogP contribution in [0.3, 0.4) is 0 Å². The van der Waals surface area contributed by atoms with Crippen LogP contribution in [0.25, 0.3) is 32.8 Å². The molecule has 3 aliphatic rings. The van der Waals surface area contributed by atoms with E-state index in [1.165, 1.54) is 19.3 Å². The highest BCUT2D eigenvalue weighted by Crippen LogP contribution is 2.39. The maximum absolute atomic E-state index is 10.9. The van der Waals surface area contributed by atoms with Crippen molar-refractivity contribution < 1.29 is 9.84 Å². The first kappa shape index (κ1) is 22.8. The van der Waals surface area contributed by atoms with Gasteiger partial charge in [-0.1, -0.05) is 36.4 Å². The number of anilines is 1. The molecule has 3 saturated heterocycles. The molecule has 3 atom stereocenters. The van der Waals surface area contributed by atoms with Gasteiger partial charge in [-0.25, -0.2) is 0 Å². The number of aromatic nitrogens is 2. The predicted octanol–water partition coefficient (Wildman–Crippen LogP) is 4.57. The molecule has 190 valence electrons. The summed E-state index contributed by atoms with van der Waals surface area (Å²) in [6.45, 7) is 3.59. The summed E-state index contributed by atoms with van der Waals surface area (Å²) in [6, 6.07) is 20.0. The Hall–Kier alpha value is -3.42. The average Bonchev–Trinajstić information content (AvgIpc) is 3.49. The quantitative estimate of drug-likeness (QED) is 0.420. The van der Waals surface area contributed by atoms with Crippen LogP contribution < -0.4 is 15.0 Å². The Morgan fingerprint density at radius 3 is 2.62 bits per heavy atom. The van der Waals surface area contributed by atoms with E-state index >= 15 is 0 Å². The van der Waals surface area contributed by atoms with Crippen molar-refractivity contribution >= 4 is 27.5 Å². The molecule has 7 nitrogen and oxygen atoms in total. The van der Waals surface area contributed by atoms with Crippen molar-refractivity contribution in [3.8, 4) is 22.9 Å². The molecule has 4 heterocycles. The fraction of sp³-hybridized carbons (Fsp3) is 0.400. The lowest BCUT2D eigenvalue weighted by Crippen LogP contribution is -2.51. The molecule has 0 amide bonds. The Bertz CT molecular complexity index is 1460. The second-order valence-corrected chi connectivity index (χ2v) is 10.9. The Morgan fingerprint density at radius 1 is 0.973 bits per heavy atom. The van der Waals surface area contributed by atoms with Crippen LogP contribution in [-0.2, 0) is 0 Å². The van der Waals surface area contributed by atoms with Crippen LogP contribution in [0.15, 0.2) is 54.6 Å². The molecule has 3 aliphatic heterocycles. The first-order valence-electron chi connectivity index (χ1n) is 13.5. The maximum Gasteiger partial charge on any atom is 0.319 e. The van der Waals surface area contributed by atoms with Gasteiger partial charge < -0.3 is 25.0 Å². The number of phenols is 1. The minimum atomic E-state index is 0.270. The van der Waals surface area contributed by atoms with E-state index in [0.29, 0.717) is 30.7 Å². The zero-order valence-corrected chi connectivity index (χ0v) is 21.2. The van der Waals surface area contributed by atoms with E-state index in [1.807, 2.05) is 18.2 Å². The number of hydrogen-bond acceptors (Lipinski definition) is 7. The second-order valence-electron chi connectivity index (χ2n) is 10.9. The maximum atomic E-state index is 10.9. The van der Waals surface area contributed by atoms with Crippen molar-refractivity contribution in [2.24, 2.45) is 0 Å². The van der Waals surface area contributed by atoms with Crippen molar-refractivity contribution in [1.82, 2.24) is 20.2 Å². The van der Waals surface area contributed by atoms with Crippen molar-refractivity contribution in [2.75, 3.05) is 38.2 Å². The summed E-state index contributed by atoms with van der Waals surface area (Å²) in [5, 5.41) is 17.7. The largest absolute Gasteiger partial charge is 0.507 e. The van der Waals surface area contributed by atoms with Gasteiger partial charge in [0.15, 0.2) is 0 Å². The normalized spacial score (nSPS) is 23.8. The van der Waals surface area contributed by atoms with Gasteiger partial charge in [0.1, 0.15) is 18.2 Å². The van der Waals surface area contributed by atoms with Gasteiger partial charge in [-0.05, 0) is 73.8 Å². The van der Waals surface area contributed by atoms with E-state index in [0.717, 1.165) is 64.7 Å². The first-order chi connectivity index (χ1) is 18.1. The minimum absolute atomic E-state index is 0.270. The highest BCUT2D eigenvalue weighted by molar-refractivity contribution is 6.02. The van der Waals surface area contributed by atoms with Crippen LogP contribution in [0.5, 0.6) is 11.8 Å². The minimum Gasteiger partial charge on any atom is -0.507 e. The molecule has 0 aliphatic carbocycles. The van der Waals surface area contributed by atoms with E-state index in [-0.39, 0.29) is 5.75 Å². The van der Waals surface area contributed by atoms with Gasteiger partial charge in [0, 0.05) is 42.2 Å². The summed E-state index contributed by atoms with van der Waals surface area (Å²) in [6.07, 6.45) is 4.77. The van der Waals surface area contributed by atoms with Crippen LogP contribution in [0.2, 0.25) is 0 Å². The monoisotopic (exact) mass is 495 g/mol. The number of rotatable bonds is 5. The summed E-state index contributed by atoms with van der Waals surface area (Å²) >= 11 is 0. The van der Waals surface area contributed by atoms with Crippen LogP contribution >= 0.6 is 0 Å².